The topological polar surface area (TPSA) is 52.2 Å². The predicted octanol–water partition coefficient (Wildman–Crippen LogP) is 3.27. The zero-order chi connectivity index (χ0) is 15.1. The van der Waals surface area contributed by atoms with Crippen LogP contribution in [0.3, 0.4) is 0 Å². The van der Waals surface area contributed by atoms with Crippen molar-refractivity contribution in [2.45, 2.75) is 33.2 Å². The van der Waals surface area contributed by atoms with Crippen LogP contribution in [0, 0.1) is 5.92 Å². The molecule has 0 bridgehead atoms. The molecule has 0 aliphatic rings. The van der Waals surface area contributed by atoms with Gasteiger partial charge in [-0.05, 0) is 36.3 Å². The summed E-state index contributed by atoms with van der Waals surface area (Å²) in [6.07, 6.45) is 2.41. The molecular weight excluding hydrogens is 260 g/mol. The van der Waals surface area contributed by atoms with E-state index < -0.39 is 0 Å². The number of aromatic nitrogens is 1. The summed E-state index contributed by atoms with van der Waals surface area (Å²) < 4.78 is 0. The SMILES string of the molecule is CN=C(NCCCC(C)C)NCc1cc2ccccc2[nH]1. The van der Waals surface area contributed by atoms with Gasteiger partial charge >= 0.3 is 0 Å². The van der Waals surface area contributed by atoms with Crippen LogP contribution in [0.4, 0.5) is 0 Å². The predicted molar refractivity (Wildman–Crippen MR) is 90.6 cm³/mol. The number of guanidine groups is 1. The average molecular weight is 286 g/mol. The Bertz CT molecular complexity index is 550. The molecule has 4 heteroatoms. The average Bonchev–Trinajstić information content (AvgIpc) is 2.89. The number of H-pyrrole nitrogens is 1. The summed E-state index contributed by atoms with van der Waals surface area (Å²) in [5.74, 6) is 1.62. The van der Waals surface area contributed by atoms with Gasteiger partial charge in [-0.3, -0.25) is 4.99 Å². The van der Waals surface area contributed by atoms with Crippen molar-refractivity contribution >= 4 is 16.9 Å². The van der Waals surface area contributed by atoms with Gasteiger partial charge in [0.1, 0.15) is 0 Å². The fraction of sp³-hybridized carbons (Fsp3) is 0.471. The molecule has 0 fully saturated rings. The van der Waals surface area contributed by atoms with E-state index in [1.54, 1.807) is 0 Å². The lowest BCUT2D eigenvalue weighted by molar-refractivity contribution is 0.549. The molecule has 1 aromatic carbocycles. The molecular formula is C17H26N4. The van der Waals surface area contributed by atoms with Gasteiger partial charge in [0.05, 0.1) is 6.54 Å². The van der Waals surface area contributed by atoms with E-state index in [-0.39, 0.29) is 0 Å². The second-order valence-electron chi connectivity index (χ2n) is 5.77. The highest BCUT2D eigenvalue weighted by Crippen LogP contribution is 2.14. The molecule has 0 saturated heterocycles. The minimum atomic E-state index is 0.749. The Balaban J connectivity index is 1.80. The first-order valence-corrected chi connectivity index (χ1v) is 7.70. The number of fused-ring (bicyclic) bond motifs is 1. The number of nitrogens with one attached hydrogen (secondary N) is 3. The molecule has 21 heavy (non-hydrogen) atoms. The maximum Gasteiger partial charge on any atom is 0.191 e. The Morgan fingerprint density at radius 2 is 2.05 bits per heavy atom. The standard InChI is InChI=1S/C17H26N4/c1-13(2)7-6-10-19-17(18-3)20-12-15-11-14-8-4-5-9-16(14)21-15/h4-5,8-9,11,13,21H,6-7,10,12H2,1-3H3,(H2,18,19,20). The lowest BCUT2D eigenvalue weighted by atomic mass is 10.1. The van der Waals surface area contributed by atoms with Crippen LogP contribution in [0.2, 0.25) is 0 Å². The number of hydrogen-bond acceptors (Lipinski definition) is 1. The number of aliphatic imine (C=N–C) groups is 1. The van der Waals surface area contributed by atoms with Gasteiger partial charge in [0.25, 0.3) is 0 Å². The second-order valence-corrected chi connectivity index (χ2v) is 5.77. The molecule has 0 radical (unpaired) electrons. The van der Waals surface area contributed by atoms with Gasteiger partial charge in [0.15, 0.2) is 5.96 Å². The van der Waals surface area contributed by atoms with Crippen LogP contribution in [0.15, 0.2) is 35.3 Å². The fourth-order valence-electron chi connectivity index (χ4n) is 2.35. The van der Waals surface area contributed by atoms with E-state index >= 15 is 0 Å². The van der Waals surface area contributed by atoms with Crippen LogP contribution in [-0.4, -0.2) is 24.5 Å². The molecule has 0 unspecified atom stereocenters. The van der Waals surface area contributed by atoms with E-state index in [0.717, 1.165) is 25.0 Å². The smallest absolute Gasteiger partial charge is 0.191 e. The molecule has 114 valence electrons. The molecule has 0 spiro atoms. The Hall–Kier alpha value is -1.97. The molecule has 0 aliphatic heterocycles. The van der Waals surface area contributed by atoms with Crippen molar-refractivity contribution in [3.8, 4) is 0 Å². The van der Waals surface area contributed by atoms with E-state index in [1.165, 1.54) is 29.4 Å². The summed E-state index contributed by atoms with van der Waals surface area (Å²) in [6, 6.07) is 10.5. The molecule has 2 rings (SSSR count). The summed E-state index contributed by atoms with van der Waals surface area (Å²) >= 11 is 0. The largest absolute Gasteiger partial charge is 0.357 e. The summed E-state index contributed by atoms with van der Waals surface area (Å²) in [5, 5.41) is 7.94. The molecule has 3 N–H and O–H groups in total. The van der Waals surface area contributed by atoms with Crippen LogP contribution in [0.25, 0.3) is 10.9 Å². The van der Waals surface area contributed by atoms with Gasteiger partial charge in [0.2, 0.25) is 0 Å². The Labute approximate surface area is 127 Å². The molecule has 4 nitrogen and oxygen atoms in total. The van der Waals surface area contributed by atoms with Gasteiger partial charge in [0, 0.05) is 24.8 Å². The van der Waals surface area contributed by atoms with Crippen LogP contribution >= 0.6 is 0 Å². The van der Waals surface area contributed by atoms with Gasteiger partial charge < -0.3 is 15.6 Å². The third kappa shape index (κ3) is 4.81. The summed E-state index contributed by atoms with van der Waals surface area (Å²) in [7, 11) is 1.81. The van der Waals surface area contributed by atoms with E-state index in [1.807, 2.05) is 13.1 Å². The van der Waals surface area contributed by atoms with Crippen LogP contribution in [-0.2, 0) is 6.54 Å². The van der Waals surface area contributed by atoms with Crippen LogP contribution in [0.5, 0.6) is 0 Å². The number of para-hydroxylation sites is 1. The highest BCUT2D eigenvalue weighted by molar-refractivity contribution is 5.81. The summed E-state index contributed by atoms with van der Waals surface area (Å²) in [5.41, 5.74) is 2.34. The molecule has 1 heterocycles. The summed E-state index contributed by atoms with van der Waals surface area (Å²) in [6.45, 7) is 6.22. The number of benzene rings is 1. The van der Waals surface area contributed by atoms with Crippen molar-refractivity contribution in [1.29, 1.82) is 0 Å². The van der Waals surface area contributed by atoms with E-state index in [0.29, 0.717) is 0 Å². The quantitative estimate of drug-likeness (QED) is 0.434. The Morgan fingerprint density at radius 3 is 2.76 bits per heavy atom. The van der Waals surface area contributed by atoms with E-state index in [9.17, 15) is 0 Å². The molecule has 0 amide bonds. The first-order chi connectivity index (χ1) is 10.2. The third-order valence-corrected chi connectivity index (χ3v) is 3.51. The lowest BCUT2D eigenvalue weighted by Crippen LogP contribution is -2.37. The lowest BCUT2D eigenvalue weighted by Gasteiger charge is -2.11. The Morgan fingerprint density at radius 1 is 1.24 bits per heavy atom. The van der Waals surface area contributed by atoms with Crippen molar-refractivity contribution in [3.05, 3.63) is 36.0 Å². The zero-order valence-electron chi connectivity index (χ0n) is 13.2. The third-order valence-electron chi connectivity index (χ3n) is 3.51. The number of hydrogen-bond donors (Lipinski definition) is 3. The second kappa shape index (κ2) is 7.72. The van der Waals surface area contributed by atoms with Crippen molar-refractivity contribution < 1.29 is 0 Å². The first kappa shape index (κ1) is 15.4. The maximum atomic E-state index is 4.25. The van der Waals surface area contributed by atoms with Gasteiger partial charge in [-0.1, -0.05) is 32.0 Å². The van der Waals surface area contributed by atoms with Gasteiger partial charge in [-0.2, -0.15) is 0 Å². The minimum absolute atomic E-state index is 0.749. The van der Waals surface area contributed by atoms with Crippen molar-refractivity contribution in [2.75, 3.05) is 13.6 Å². The molecule has 0 atom stereocenters. The minimum Gasteiger partial charge on any atom is -0.357 e. The van der Waals surface area contributed by atoms with Crippen molar-refractivity contribution in [1.82, 2.24) is 15.6 Å². The number of rotatable bonds is 6. The highest BCUT2D eigenvalue weighted by atomic mass is 15.2. The van der Waals surface area contributed by atoms with Crippen LogP contribution in [0.1, 0.15) is 32.4 Å². The molecule has 0 aliphatic carbocycles. The van der Waals surface area contributed by atoms with Crippen molar-refractivity contribution in [3.63, 3.8) is 0 Å². The van der Waals surface area contributed by atoms with E-state index in [2.05, 4.69) is 58.7 Å². The molecule has 0 saturated carbocycles. The molecule has 2 aromatic rings. The fourth-order valence-corrected chi connectivity index (χ4v) is 2.35. The van der Waals surface area contributed by atoms with Gasteiger partial charge in [-0.15, -0.1) is 0 Å². The maximum absolute atomic E-state index is 4.25. The normalized spacial score (nSPS) is 12.1. The Kier molecular flexibility index (Phi) is 5.67. The zero-order valence-corrected chi connectivity index (χ0v) is 13.2. The van der Waals surface area contributed by atoms with Crippen molar-refractivity contribution in [2.24, 2.45) is 10.9 Å². The van der Waals surface area contributed by atoms with E-state index in [4.69, 9.17) is 0 Å². The monoisotopic (exact) mass is 286 g/mol. The number of aromatic amines is 1. The number of nitrogens with zero attached hydrogens (tertiary/aromatic N) is 1. The molecule has 1 aromatic heterocycles. The highest BCUT2D eigenvalue weighted by Gasteiger charge is 2.02. The van der Waals surface area contributed by atoms with Gasteiger partial charge in [-0.25, -0.2) is 0 Å². The first-order valence-electron chi connectivity index (χ1n) is 7.70. The van der Waals surface area contributed by atoms with Crippen LogP contribution < -0.4 is 10.6 Å². The summed E-state index contributed by atoms with van der Waals surface area (Å²) in [4.78, 5) is 7.67.